The van der Waals surface area contributed by atoms with Crippen molar-refractivity contribution in [1.29, 1.82) is 0 Å². The number of amides is 6. The second-order valence-corrected chi connectivity index (χ2v) is 18.0. The molecule has 3 fully saturated rings. The molecule has 0 radical (unpaired) electrons. The van der Waals surface area contributed by atoms with Crippen molar-refractivity contribution in [3.05, 3.63) is 0 Å². The number of rotatable bonds is 11. The van der Waals surface area contributed by atoms with Crippen molar-refractivity contribution >= 4 is 30.2 Å². The molecule has 3 rings (SSSR count). The van der Waals surface area contributed by atoms with E-state index >= 15 is 0 Å². The van der Waals surface area contributed by atoms with E-state index in [0.717, 1.165) is 0 Å². The summed E-state index contributed by atoms with van der Waals surface area (Å²) in [5.41, 5.74) is 2.47. The van der Waals surface area contributed by atoms with Gasteiger partial charge in [-0.15, -0.1) is 0 Å². The summed E-state index contributed by atoms with van der Waals surface area (Å²) in [6, 6.07) is -7.53. The molecule has 0 spiro atoms. The molecule has 2 aliphatic heterocycles. The number of hydrogen-bond acceptors (Lipinski definition) is 17. The summed E-state index contributed by atoms with van der Waals surface area (Å²) < 4.78 is 79.4. The number of alkyl carbamates (subject to hydrolysis) is 3. The van der Waals surface area contributed by atoms with Gasteiger partial charge in [-0.3, -0.25) is 4.79 Å². The summed E-state index contributed by atoms with van der Waals surface area (Å²) >= 11 is 0. The van der Waals surface area contributed by atoms with Crippen LogP contribution in [0.15, 0.2) is 0 Å². The monoisotopic (exact) mass is 906 g/mol. The quantitative estimate of drug-likeness (QED) is 0.109. The molecule has 0 aromatic heterocycles. The first-order chi connectivity index (χ1) is 28.3. The lowest BCUT2D eigenvalue weighted by molar-refractivity contribution is -0.318. The molecule has 12 N–H and O–H groups in total. The van der Waals surface area contributed by atoms with Gasteiger partial charge in [0.25, 0.3) is 0 Å². The van der Waals surface area contributed by atoms with Crippen molar-refractivity contribution in [2.24, 2.45) is 5.73 Å². The maximum Gasteiger partial charge on any atom is 0.471 e. The number of carbonyl (C=O) groups excluding carboxylic acids is 5. The smallest absolute Gasteiger partial charge is 0.444 e. The number of urea groups is 1. The van der Waals surface area contributed by atoms with Crippen LogP contribution in [-0.2, 0) is 38.0 Å². The van der Waals surface area contributed by atoms with Gasteiger partial charge in [0.15, 0.2) is 12.6 Å². The molecule has 358 valence electrons. The van der Waals surface area contributed by atoms with Gasteiger partial charge >= 0.3 is 36.4 Å². The van der Waals surface area contributed by atoms with Crippen LogP contribution in [0.1, 0.15) is 75.2 Å². The van der Waals surface area contributed by atoms with E-state index in [4.69, 9.17) is 38.9 Å². The minimum atomic E-state index is -5.47. The molecule has 3 aliphatic rings. The van der Waals surface area contributed by atoms with Gasteiger partial charge in [0.05, 0.1) is 36.9 Å². The lowest BCUT2D eigenvalue weighted by atomic mass is 9.83. The number of carbonyl (C=O) groups is 5. The molecule has 0 bridgehead atoms. The lowest BCUT2D eigenvalue weighted by Gasteiger charge is -2.49. The summed E-state index contributed by atoms with van der Waals surface area (Å²) in [7, 11) is 0. The Morgan fingerprint density at radius 3 is 1.58 bits per heavy atom. The number of nitrogens with one attached hydrogen (secondary N) is 5. The van der Waals surface area contributed by atoms with Gasteiger partial charge in [-0.2, -0.15) is 13.2 Å². The number of nitrogens with two attached hydrogens (primary N) is 1. The fraction of sp³-hybridized carbons (Fsp3) is 0.861. The van der Waals surface area contributed by atoms with Crippen LogP contribution in [0.25, 0.3) is 0 Å². The predicted molar refractivity (Wildman–Crippen MR) is 202 cm³/mol. The zero-order valence-electron chi connectivity index (χ0n) is 35.8. The molecule has 2 heterocycles. The number of alkyl halides is 3. The van der Waals surface area contributed by atoms with Gasteiger partial charge in [-0.25, -0.2) is 19.2 Å². The number of aliphatic hydroxyl groups is 5. The van der Waals surface area contributed by atoms with Gasteiger partial charge in [0.2, 0.25) is 0 Å². The van der Waals surface area contributed by atoms with Crippen molar-refractivity contribution in [1.82, 2.24) is 26.6 Å². The number of halogens is 3. The fourth-order valence-corrected chi connectivity index (χ4v) is 6.67. The van der Waals surface area contributed by atoms with E-state index in [0.29, 0.717) is 0 Å². The Labute approximate surface area is 355 Å². The third-order valence-electron chi connectivity index (χ3n) is 9.14. The van der Waals surface area contributed by atoms with E-state index < -0.39 is 152 Å². The minimum absolute atomic E-state index is 0.318. The average Bonchev–Trinajstić information content (AvgIpc) is 3.08. The second-order valence-electron chi connectivity index (χ2n) is 18.0. The largest absolute Gasteiger partial charge is 0.471 e. The molecule has 2 saturated heterocycles. The van der Waals surface area contributed by atoms with Crippen LogP contribution < -0.4 is 32.3 Å². The zero-order valence-corrected chi connectivity index (χ0v) is 35.8. The standard InChI is InChI=1S/C36H61F3N6O17/c1-33(2,3)60-30(53)41-12-18-17(47)11-16(44-32(55)62-35(7,8)9)26(56-18)58-25-15(43-31(54)61-34(4,5)6)10-14(42-29(40)52)24(23(25)50)59-27-22(49)20(21(48)19(13-46)57-27)45-28(51)36(37,38)39/h14-27,46-50H,10-13H2,1-9H3,(H,41,53)(H,43,54)(H,44,55)(H,45,51)(H3,40,42,52)/t14-,15+,16-,17+,18-,19-,20+,21-,22-,23-,24+,25-,26-,27-/m1/s1. The normalized spacial score (nSPS) is 33.3. The highest BCUT2D eigenvalue weighted by Crippen LogP contribution is 2.34. The molecule has 26 heteroatoms. The van der Waals surface area contributed by atoms with E-state index in [9.17, 15) is 62.7 Å². The maximum atomic E-state index is 13.2. The van der Waals surface area contributed by atoms with Crippen LogP contribution in [-0.4, -0.2) is 177 Å². The highest BCUT2D eigenvalue weighted by atomic mass is 19.4. The van der Waals surface area contributed by atoms with Gasteiger partial charge in [0.1, 0.15) is 59.5 Å². The Balaban J connectivity index is 2.08. The van der Waals surface area contributed by atoms with Crippen LogP contribution in [0.4, 0.5) is 32.3 Å². The number of hydrogen-bond donors (Lipinski definition) is 11. The van der Waals surface area contributed by atoms with E-state index in [-0.39, 0.29) is 13.0 Å². The summed E-state index contributed by atoms with van der Waals surface area (Å²) in [5.74, 6) is -2.57. The molecular formula is C36H61F3N6O17. The first-order valence-corrected chi connectivity index (χ1v) is 19.6. The van der Waals surface area contributed by atoms with E-state index in [1.165, 1.54) is 5.32 Å². The first-order valence-electron chi connectivity index (χ1n) is 19.6. The van der Waals surface area contributed by atoms with Crippen LogP contribution in [0.5, 0.6) is 0 Å². The molecule has 0 aromatic carbocycles. The van der Waals surface area contributed by atoms with Crippen molar-refractivity contribution in [2.75, 3.05) is 13.2 Å². The first kappa shape index (κ1) is 52.3. The van der Waals surface area contributed by atoms with Gasteiger partial charge in [-0.1, -0.05) is 0 Å². The van der Waals surface area contributed by atoms with E-state index in [1.54, 1.807) is 62.3 Å². The predicted octanol–water partition coefficient (Wildman–Crippen LogP) is -1.17. The molecule has 14 atom stereocenters. The highest BCUT2D eigenvalue weighted by molar-refractivity contribution is 5.82. The Hall–Kier alpha value is -4.02. The van der Waals surface area contributed by atoms with Gasteiger partial charge in [-0.05, 0) is 68.7 Å². The molecular weight excluding hydrogens is 845 g/mol. The van der Waals surface area contributed by atoms with Crippen LogP contribution in [0.2, 0.25) is 0 Å². The molecule has 1 aliphatic carbocycles. The van der Waals surface area contributed by atoms with Crippen molar-refractivity contribution in [3.63, 3.8) is 0 Å². The second kappa shape index (κ2) is 20.7. The molecule has 0 unspecified atom stereocenters. The third-order valence-corrected chi connectivity index (χ3v) is 9.14. The van der Waals surface area contributed by atoms with Gasteiger partial charge < -0.3 is 91.0 Å². The third kappa shape index (κ3) is 15.7. The molecule has 6 amide bonds. The highest BCUT2D eigenvalue weighted by Gasteiger charge is 2.54. The minimum Gasteiger partial charge on any atom is -0.444 e. The summed E-state index contributed by atoms with van der Waals surface area (Å²) in [4.78, 5) is 62.9. The van der Waals surface area contributed by atoms with Crippen LogP contribution in [0.3, 0.4) is 0 Å². The molecule has 1 saturated carbocycles. The van der Waals surface area contributed by atoms with E-state index in [1.807, 2.05) is 0 Å². The van der Waals surface area contributed by atoms with Crippen molar-refractivity contribution < 1.29 is 95.8 Å². The average molecular weight is 907 g/mol. The number of aliphatic hydroxyl groups excluding tert-OH is 5. The Bertz CT molecular complexity index is 1560. The Morgan fingerprint density at radius 1 is 0.629 bits per heavy atom. The maximum absolute atomic E-state index is 13.2. The summed E-state index contributed by atoms with van der Waals surface area (Å²) in [5, 5.41) is 66.1. The van der Waals surface area contributed by atoms with Crippen molar-refractivity contribution in [3.8, 4) is 0 Å². The SMILES string of the molecule is CC(C)(C)OC(=O)NC[C@H]1O[C@H](O[C@H]2[C@H](O)[C@@H](O[C@H]3O[C@H](CO)[C@@H](O)[C@H](NC(=O)C(F)(F)F)[C@H]3O)[C@H](NC(N)=O)C[C@@H]2NC(=O)OC(C)(C)C)[C@H](NC(=O)OC(C)(C)C)C[C@@H]1O. The molecule has 62 heavy (non-hydrogen) atoms. The summed E-state index contributed by atoms with van der Waals surface area (Å²) in [6.07, 6.45) is -27.6. The Kier molecular flexibility index (Phi) is 17.4. The van der Waals surface area contributed by atoms with Crippen LogP contribution >= 0.6 is 0 Å². The summed E-state index contributed by atoms with van der Waals surface area (Å²) in [6.45, 7) is 12.8. The molecule has 23 nitrogen and oxygen atoms in total. The van der Waals surface area contributed by atoms with Gasteiger partial charge in [0, 0.05) is 13.0 Å². The van der Waals surface area contributed by atoms with Crippen LogP contribution in [0, 0.1) is 0 Å². The number of primary amides is 1. The van der Waals surface area contributed by atoms with E-state index in [2.05, 4.69) is 21.3 Å². The van der Waals surface area contributed by atoms with Crippen molar-refractivity contribution in [2.45, 2.75) is 184 Å². The topological polar surface area (TPSA) is 337 Å². The molecule has 0 aromatic rings. The Morgan fingerprint density at radius 2 is 1.10 bits per heavy atom. The zero-order chi connectivity index (χ0) is 47.3. The fourth-order valence-electron chi connectivity index (χ4n) is 6.67. The number of ether oxygens (including phenoxy) is 7. The lowest BCUT2D eigenvalue weighted by Crippen LogP contribution is -2.70.